The molecule has 0 aromatic heterocycles. The number of amides is 1. The van der Waals surface area contributed by atoms with Crippen LogP contribution < -0.4 is 14.8 Å². The Balaban J connectivity index is 1.52. The van der Waals surface area contributed by atoms with E-state index in [-0.39, 0.29) is 12.0 Å². The van der Waals surface area contributed by atoms with Crippen molar-refractivity contribution in [1.82, 2.24) is 10.2 Å². The van der Waals surface area contributed by atoms with Gasteiger partial charge in [-0.2, -0.15) is 0 Å². The predicted octanol–water partition coefficient (Wildman–Crippen LogP) is 2.89. The fraction of sp³-hybridized carbons (Fsp3) is 0.348. The number of morpholine rings is 1. The summed E-state index contributed by atoms with van der Waals surface area (Å²) >= 11 is 0. The number of benzene rings is 2. The Kier molecular flexibility index (Phi) is 7.67. The fourth-order valence-corrected chi connectivity index (χ4v) is 3.27. The van der Waals surface area contributed by atoms with E-state index in [1.165, 1.54) is 5.56 Å². The SMILES string of the molecule is C=CCOc1ccc(C(=O)NCC2CN(Cc3ccccc3)CCO2)cc1OC. The van der Waals surface area contributed by atoms with Gasteiger partial charge in [0, 0.05) is 31.7 Å². The molecule has 2 aromatic carbocycles. The Morgan fingerprint density at radius 2 is 2.10 bits per heavy atom. The minimum absolute atomic E-state index is 0.0338. The van der Waals surface area contributed by atoms with Gasteiger partial charge in [-0.15, -0.1) is 0 Å². The molecule has 1 heterocycles. The van der Waals surface area contributed by atoms with E-state index in [9.17, 15) is 4.79 Å². The smallest absolute Gasteiger partial charge is 0.251 e. The van der Waals surface area contributed by atoms with Crippen LogP contribution in [0.3, 0.4) is 0 Å². The Bertz CT molecular complexity index is 810. The zero-order valence-corrected chi connectivity index (χ0v) is 16.8. The lowest BCUT2D eigenvalue weighted by atomic mass is 10.1. The third kappa shape index (κ3) is 6.07. The van der Waals surface area contributed by atoms with E-state index in [1.54, 1.807) is 31.4 Å². The molecule has 29 heavy (non-hydrogen) atoms. The van der Waals surface area contributed by atoms with Gasteiger partial charge in [0.05, 0.1) is 19.8 Å². The fourth-order valence-electron chi connectivity index (χ4n) is 3.27. The first-order chi connectivity index (χ1) is 14.2. The highest BCUT2D eigenvalue weighted by molar-refractivity contribution is 5.94. The minimum Gasteiger partial charge on any atom is -0.493 e. The Morgan fingerprint density at radius 3 is 2.86 bits per heavy atom. The van der Waals surface area contributed by atoms with Crippen LogP contribution in [0, 0.1) is 0 Å². The highest BCUT2D eigenvalue weighted by Crippen LogP contribution is 2.28. The molecule has 1 aliphatic rings. The number of ether oxygens (including phenoxy) is 3. The number of nitrogens with zero attached hydrogens (tertiary/aromatic N) is 1. The quantitative estimate of drug-likeness (QED) is 0.661. The standard InChI is InChI=1S/C23H28N2O4/c1-3-12-29-21-10-9-19(14-22(21)27-2)23(26)24-15-20-17-25(11-13-28-20)16-18-7-5-4-6-8-18/h3-10,14,20H,1,11-13,15-17H2,2H3,(H,24,26). The first kappa shape index (κ1) is 20.9. The maximum Gasteiger partial charge on any atom is 0.251 e. The average Bonchev–Trinajstić information content (AvgIpc) is 2.77. The molecule has 0 spiro atoms. The number of hydrogen-bond donors (Lipinski definition) is 1. The molecule has 1 saturated heterocycles. The molecule has 0 aliphatic carbocycles. The van der Waals surface area contributed by atoms with Gasteiger partial charge in [-0.3, -0.25) is 9.69 Å². The topological polar surface area (TPSA) is 60.0 Å². The van der Waals surface area contributed by atoms with Crippen molar-refractivity contribution in [2.75, 3.05) is 40.0 Å². The Labute approximate surface area is 172 Å². The van der Waals surface area contributed by atoms with Gasteiger partial charge >= 0.3 is 0 Å². The molecule has 3 rings (SSSR count). The molecule has 0 saturated carbocycles. The molecule has 0 radical (unpaired) electrons. The average molecular weight is 396 g/mol. The summed E-state index contributed by atoms with van der Waals surface area (Å²) in [6.45, 7) is 7.69. The van der Waals surface area contributed by atoms with Crippen LogP contribution in [-0.4, -0.2) is 56.9 Å². The lowest BCUT2D eigenvalue weighted by molar-refractivity contribution is -0.0292. The molecule has 1 fully saturated rings. The third-order valence-corrected chi connectivity index (χ3v) is 4.74. The molecule has 0 bridgehead atoms. The van der Waals surface area contributed by atoms with Crippen molar-refractivity contribution in [3.63, 3.8) is 0 Å². The second-order valence-electron chi connectivity index (χ2n) is 6.89. The zero-order chi connectivity index (χ0) is 20.5. The van der Waals surface area contributed by atoms with E-state index < -0.39 is 0 Å². The van der Waals surface area contributed by atoms with Crippen molar-refractivity contribution in [2.45, 2.75) is 12.6 Å². The second-order valence-corrected chi connectivity index (χ2v) is 6.89. The van der Waals surface area contributed by atoms with Crippen LogP contribution in [0.2, 0.25) is 0 Å². The number of hydrogen-bond acceptors (Lipinski definition) is 5. The highest BCUT2D eigenvalue weighted by atomic mass is 16.5. The molecule has 2 aromatic rings. The highest BCUT2D eigenvalue weighted by Gasteiger charge is 2.21. The second kappa shape index (κ2) is 10.6. The van der Waals surface area contributed by atoms with E-state index in [0.29, 0.717) is 36.8 Å². The number of rotatable bonds is 9. The summed E-state index contributed by atoms with van der Waals surface area (Å²) in [5.41, 5.74) is 1.80. The summed E-state index contributed by atoms with van der Waals surface area (Å²) in [4.78, 5) is 14.9. The lowest BCUT2D eigenvalue weighted by Gasteiger charge is -2.33. The molecular weight excluding hydrogens is 368 g/mol. The Hall–Kier alpha value is -2.83. The molecule has 6 nitrogen and oxygen atoms in total. The van der Waals surface area contributed by atoms with Crippen LogP contribution in [0.4, 0.5) is 0 Å². The van der Waals surface area contributed by atoms with Crippen LogP contribution in [0.15, 0.2) is 61.2 Å². The first-order valence-electron chi connectivity index (χ1n) is 9.77. The summed E-state index contributed by atoms with van der Waals surface area (Å²) in [5.74, 6) is 0.931. The molecular formula is C23H28N2O4. The van der Waals surface area contributed by atoms with Crippen molar-refractivity contribution in [1.29, 1.82) is 0 Å². The van der Waals surface area contributed by atoms with Crippen molar-refractivity contribution >= 4 is 5.91 Å². The van der Waals surface area contributed by atoms with Crippen molar-refractivity contribution in [3.05, 3.63) is 72.3 Å². The van der Waals surface area contributed by atoms with Gasteiger partial charge in [0.2, 0.25) is 0 Å². The van der Waals surface area contributed by atoms with E-state index in [0.717, 1.165) is 19.6 Å². The van der Waals surface area contributed by atoms with Crippen LogP contribution >= 0.6 is 0 Å². The van der Waals surface area contributed by atoms with Crippen molar-refractivity contribution in [2.24, 2.45) is 0 Å². The van der Waals surface area contributed by atoms with E-state index in [1.807, 2.05) is 6.07 Å². The maximum atomic E-state index is 12.6. The van der Waals surface area contributed by atoms with Gasteiger partial charge < -0.3 is 19.5 Å². The summed E-state index contributed by atoms with van der Waals surface area (Å²) in [5, 5.41) is 2.96. The van der Waals surface area contributed by atoms with Crippen LogP contribution in [0.1, 0.15) is 15.9 Å². The van der Waals surface area contributed by atoms with Gasteiger partial charge in [0.25, 0.3) is 5.91 Å². The minimum atomic E-state index is -0.164. The zero-order valence-electron chi connectivity index (χ0n) is 16.8. The molecule has 1 N–H and O–H groups in total. The molecule has 1 amide bonds. The summed E-state index contributed by atoms with van der Waals surface area (Å²) in [7, 11) is 1.55. The number of carbonyl (C=O) groups excluding carboxylic acids is 1. The Morgan fingerprint density at radius 1 is 1.28 bits per heavy atom. The van der Waals surface area contributed by atoms with Gasteiger partial charge in [-0.05, 0) is 23.8 Å². The van der Waals surface area contributed by atoms with Crippen LogP contribution in [-0.2, 0) is 11.3 Å². The molecule has 1 atom stereocenters. The lowest BCUT2D eigenvalue weighted by Crippen LogP contribution is -2.47. The first-order valence-corrected chi connectivity index (χ1v) is 9.77. The molecule has 154 valence electrons. The molecule has 6 heteroatoms. The van der Waals surface area contributed by atoms with Crippen molar-refractivity contribution in [3.8, 4) is 11.5 Å². The summed E-state index contributed by atoms with van der Waals surface area (Å²) in [6.07, 6.45) is 1.62. The van der Waals surface area contributed by atoms with E-state index in [2.05, 4.69) is 41.1 Å². The number of methoxy groups -OCH3 is 1. The van der Waals surface area contributed by atoms with E-state index >= 15 is 0 Å². The van der Waals surface area contributed by atoms with Gasteiger partial charge in [-0.1, -0.05) is 43.0 Å². The molecule has 1 unspecified atom stereocenters. The molecule has 1 aliphatic heterocycles. The van der Waals surface area contributed by atoms with E-state index in [4.69, 9.17) is 14.2 Å². The van der Waals surface area contributed by atoms with Crippen LogP contribution in [0.25, 0.3) is 0 Å². The number of carbonyl (C=O) groups is 1. The third-order valence-electron chi connectivity index (χ3n) is 4.74. The van der Waals surface area contributed by atoms with Crippen molar-refractivity contribution < 1.29 is 19.0 Å². The number of nitrogens with one attached hydrogen (secondary N) is 1. The van der Waals surface area contributed by atoms with Gasteiger partial charge in [0.1, 0.15) is 6.61 Å². The normalized spacial score (nSPS) is 16.8. The van der Waals surface area contributed by atoms with Gasteiger partial charge in [0.15, 0.2) is 11.5 Å². The van der Waals surface area contributed by atoms with Gasteiger partial charge in [-0.25, -0.2) is 0 Å². The van der Waals surface area contributed by atoms with Crippen LogP contribution in [0.5, 0.6) is 11.5 Å². The maximum absolute atomic E-state index is 12.6. The monoisotopic (exact) mass is 396 g/mol. The largest absolute Gasteiger partial charge is 0.493 e. The summed E-state index contributed by atoms with van der Waals surface area (Å²) < 4.78 is 16.7. The summed E-state index contributed by atoms with van der Waals surface area (Å²) in [6, 6.07) is 15.5. The predicted molar refractivity (Wildman–Crippen MR) is 112 cm³/mol.